The van der Waals surface area contributed by atoms with E-state index in [0.29, 0.717) is 19.4 Å². The number of aromatic nitrogens is 2. The second kappa shape index (κ2) is 6.34. The lowest BCUT2D eigenvalue weighted by atomic mass is 10.1. The summed E-state index contributed by atoms with van der Waals surface area (Å²) in [6.45, 7) is 2.20. The van der Waals surface area contributed by atoms with Gasteiger partial charge in [0, 0.05) is 12.2 Å². The molecule has 112 valence electrons. The molecular weight excluding hydrogens is 278 g/mol. The van der Waals surface area contributed by atoms with Crippen molar-refractivity contribution in [3.63, 3.8) is 0 Å². The monoisotopic (exact) mass is 294 g/mol. The van der Waals surface area contributed by atoms with Crippen LogP contribution >= 0.6 is 0 Å². The van der Waals surface area contributed by atoms with E-state index >= 15 is 0 Å². The Hall–Kier alpha value is -2.44. The van der Waals surface area contributed by atoms with Crippen molar-refractivity contribution in [2.24, 2.45) is 0 Å². The van der Waals surface area contributed by atoms with Crippen LogP contribution in [-0.4, -0.2) is 22.6 Å². The van der Waals surface area contributed by atoms with E-state index in [1.54, 1.807) is 6.20 Å². The molecule has 0 saturated carbocycles. The summed E-state index contributed by atoms with van der Waals surface area (Å²) in [6, 6.07) is 2.06. The van der Waals surface area contributed by atoms with Gasteiger partial charge in [0.05, 0.1) is 11.9 Å². The van der Waals surface area contributed by atoms with E-state index in [9.17, 15) is 13.6 Å². The lowest BCUT2D eigenvalue weighted by Crippen LogP contribution is -2.27. The molecule has 0 bridgehead atoms. The Kier molecular flexibility index (Phi) is 4.52. The number of nitrogen functional groups attached to an aromatic ring is 1. The standard InChI is InChI=1S/C14H16F2N4O/c1-8-9(7-19-20-8)3-2-6-18-14(21)12-10(15)4-5-11(17)13(12)16/h4-5,7H,2-3,6,17H2,1H3,(H,18,21)(H,19,20). The number of nitrogens with zero attached hydrogens (tertiary/aromatic N) is 1. The largest absolute Gasteiger partial charge is 0.396 e. The van der Waals surface area contributed by atoms with Gasteiger partial charge >= 0.3 is 0 Å². The fourth-order valence-electron chi connectivity index (χ4n) is 1.97. The average molecular weight is 294 g/mol. The predicted octanol–water partition coefficient (Wildman–Crippen LogP) is 1.94. The van der Waals surface area contributed by atoms with Crippen LogP contribution in [0.25, 0.3) is 0 Å². The molecule has 21 heavy (non-hydrogen) atoms. The Balaban J connectivity index is 1.91. The van der Waals surface area contributed by atoms with E-state index in [4.69, 9.17) is 5.73 Å². The molecule has 2 rings (SSSR count). The summed E-state index contributed by atoms with van der Waals surface area (Å²) in [5.74, 6) is -2.76. The minimum atomic E-state index is -1.03. The molecule has 4 N–H and O–H groups in total. The number of nitrogens with one attached hydrogen (secondary N) is 2. The SMILES string of the molecule is Cc1[nH]ncc1CCCNC(=O)c1c(F)ccc(N)c1F. The number of carbonyl (C=O) groups excluding carboxylic acids is 1. The molecule has 1 amide bonds. The van der Waals surface area contributed by atoms with Crippen LogP contribution in [0.2, 0.25) is 0 Å². The molecule has 0 fully saturated rings. The lowest BCUT2D eigenvalue weighted by Gasteiger charge is -2.08. The Morgan fingerprint density at radius 3 is 2.86 bits per heavy atom. The van der Waals surface area contributed by atoms with E-state index in [-0.39, 0.29) is 5.69 Å². The van der Waals surface area contributed by atoms with Gasteiger partial charge in [-0.2, -0.15) is 5.10 Å². The zero-order valence-electron chi connectivity index (χ0n) is 11.5. The number of aromatic amines is 1. The third-order valence-electron chi connectivity index (χ3n) is 3.19. The van der Waals surface area contributed by atoms with Crippen molar-refractivity contribution in [2.75, 3.05) is 12.3 Å². The first kappa shape index (κ1) is 15.0. The lowest BCUT2D eigenvalue weighted by molar-refractivity contribution is 0.0945. The number of rotatable bonds is 5. The summed E-state index contributed by atoms with van der Waals surface area (Å²) in [5.41, 5.74) is 6.45. The maximum absolute atomic E-state index is 13.7. The minimum absolute atomic E-state index is 0.254. The van der Waals surface area contributed by atoms with E-state index in [0.717, 1.165) is 23.4 Å². The molecule has 0 spiro atoms. The van der Waals surface area contributed by atoms with Crippen molar-refractivity contribution in [3.05, 3.63) is 46.8 Å². The van der Waals surface area contributed by atoms with Crippen molar-refractivity contribution in [1.82, 2.24) is 15.5 Å². The number of amides is 1. The van der Waals surface area contributed by atoms with Gasteiger partial charge in [-0.05, 0) is 37.5 Å². The first-order valence-electron chi connectivity index (χ1n) is 6.51. The smallest absolute Gasteiger partial charge is 0.257 e. The summed E-state index contributed by atoms with van der Waals surface area (Å²) in [6.07, 6.45) is 3.07. The molecule has 0 aliphatic heterocycles. The van der Waals surface area contributed by atoms with Gasteiger partial charge in [0.1, 0.15) is 11.4 Å². The van der Waals surface area contributed by atoms with Crippen molar-refractivity contribution < 1.29 is 13.6 Å². The van der Waals surface area contributed by atoms with E-state index in [1.807, 2.05) is 6.92 Å². The molecule has 2 aromatic rings. The second-order valence-electron chi connectivity index (χ2n) is 4.71. The first-order chi connectivity index (χ1) is 10.0. The summed E-state index contributed by atoms with van der Waals surface area (Å²) in [4.78, 5) is 11.8. The molecule has 0 aliphatic carbocycles. The van der Waals surface area contributed by atoms with Crippen molar-refractivity contribution in [1.29, 1.82) is 0 Å². The highest BCUT2D eigenvalue weighted by Gasteiger charge is 2.19. The van der Waals surface area contributed by atoms with E-state index in [1.165, 1.54) is 0 Å². The number of benzene rings is 1. The Morgan fingerprint density at radius 2 is 2.19 bits per heavy atom. The van der Waals surface area contributed by atoms with Crippen molar-refractivity contribution in [2.45, 2.75) is 19.8 Å². The second-order valence-corrected chi connectivity index (χ2v) is 4.71. The van der Waals surface area contributed by atoms with Gasteiger partial charge in [-0.3, -0.25) is 9.89 Å². The van der Waals surface area contributed by atoms with Gasteiger partial charge in [-0.25, -0.2) is 8.78 Å². The minimum Gasteiger partial charge on any atom is -0.396 e. The fraction of sp³-hybridized carbons (Fsp3) is 0.286. The van der Waals surface area contributed by atoms with Crippen molar-refractivity contribution in [3.8, 4) is 0 Å². The highest BCUT2D eigenvalue weighted by atomic mass is 19.1. The number of hydrogen-bond acceptors (Lipinski definition) is 3. The van der Waals surface area contributed by atoms with E-state index < -0.39 is 23.1 Å². The molecule has 1 aromatic carbocycles. The Labute approximate surface area is 120 Å². The molecule has 7 heteroatoms. The maximum atomic E-state index is 13.7. The molecule has 5 nitrogen and oxygen atoms in total. The molecule has 0 unspecified atom stereocenters. The van der Waals surface area contributed by atoms with Crippen LogP contribution in [0.1, 0.15) is 28.0 Å². The van der Waals surface area contributed by atoms with Crippen LogP contribution in [-0.2, 0) is 6.42 Å². The normalized spacial score (nSPS) is 10.6. The molecule has 1 aromatic heterocycles. The number of nitrogens with two attached hydrogens (primary N) is 1. The summed E-state index contributed by atoms with van der Waals surface area (Å²) >= 11 is 0. The molecule has 0 saturated heterocycles. The topological polar surface area (TPSA) is 83.8 Å². The highest BCUT2D eigenvalue weighted by molar-refractivity contribution is 5.95. The zero-order chi connectivity index (χ0) is 15.4. The van der Waals surface area contributed by atoms with Gasteiger partial charge in [-0.15, -0.1) is 0 Å². The number of carbonyl (C=O) groups is 1. The quantitative estimate of drug-likeness (QED) is 0.582. The average Bonchev–Trinajstić information content (AvgIpc) is 2.85. The van der Waals surface area contributed by atoms with Crippen LogP contribution in [0.4, 0.5) is 14.5 Å². The predicted molar refractivity (Wildman–Crippen MR) is 74.7 cm³/mol. The molecule has 0 radical (unpaired) electrons. The number of aryl methyl sites for hydroxylation is 2. The van der Waals surface area contributed by atoms with E-state index in [2.05, 4.69) is 15.5 Å². The van der Waals surface area contributed by atoms with Gasteiger partial charge in [0.15, 0.2) is 5.82 Å². The van der Waals surface area contributed by atoms with Gasteiger partial charge < -0.3 is 11.1 Å². The molecule has 0 aliphatic rings. The highest BCUT2D eigenvalue weighted by Crippen LogP contribution is 2.18. The fourth-order valence-corrected chi connectivity index (χ4v) is 1.97. The summed E-state index contributed by atoms with van der Waals surface area (Å²) in [7, 11) is 0. The number of anilines is 1. The number of halogens is 2. The van der Waals surface area contributed by atoms with Gasteiger partial charge in [0.25, 0.3) is 5.91 Å². The number of H-pyrrole nitrogens is 1. The summed E-state index contributed by atoms with van der Waals surface area (Å²) in [5, 5.41) is 9.19. The van der Waals surface area contributed by atoms with Crippen LogP contribution in [0.3, 0.4) is 0 Å². The van der Waals surface area contributed by atoms with Crippen LogP contribution in [0, 0.1) is 18.6 Å². The third kappa shape index (κ3) is 3.36. The number of hydrogen-bond donors (Lipinski definition) is 3. The molecular formula is C14H16F2N4O. The zero-order valence-corrected chi connectivity index (χ0v) is 11.5. The van der Waals surface area contributed by atoms with Crippen LogP contribution < -0.4 is 11.1 Å². The third-order valence-corrected chi connectivity index (χ3v) is 3.19. The summed E-state index contributed by atoms with van der Waals surface area (Å²) < 4.78 is 27.2. The Morgan fingerprint density at radius 1 is 1.43 bits per heavy atom. The molecule has 0 atom stereocenters. The molecule has 1 heterocycles. The first-order valence-corrected chi connectivity index (χ1v) is 6.51. The maximum Gasteiger partial charge on any atom is 0.257 e. The van der Waals surface area contributed by atoms with Gasteiger partial charge in [0.2, 0.25) is 0 Å². The van der Waals surface area contributed by atoms with Crippen LogP contribution in [0.5, 0.6) is 0 Å². The Bertz CT molecular complexity index is 654. The van der Waals surface area contributed by atoms with Crippen LogP contribution in [0.15, 0.2) is 18.3 Å². The van der Waals surface area contributed by atoms with Crippen molar-refractivity contribution >= 4 is 11.6 Å². The van der Waals surface area contributed by atoms with Gasteiger partial charge in [-0.1, -0.05) is 0 Å².